The molecule has 0 saturated carbocycles. The van der Waals surface area contributed by atoms with Crippen molar-refractivity contribution in [3.05, 3.63) is 60.2 Å². The minimum absolute atomic E-state index is 0.0853. The summed E-state index contributed by atoms with van der Waals surface area (Å²) in [5.41, 5.74) is 7.26. The molecular weight excluding hydrogens is 452 g/mol. The summed E-state index contributed by atoms with van der Waals surface area (Å²) in [4.78, 5) is 27.1. The van der Waals surface area contributed by atoms with Crippen LogP contribution in [0.2, 0.25) is 0 Å². The van der Waals surface area contributed by atoms with Gasteiger partial charge in [-0.05, 0) is 56.0 Å². The van der Waals surface area contributed by atoms with Crippen molar-refractivity contribution in [3.63, 3.8) is 0 Å². The SMILES string of the molecule is NC(=O)C1CCCN(Cc2ccccc2NC(=O)C2CCN(S(=O)(=O)c3ccccc3)CC2)C1. The molecule has 0 aromatic heterocycles. The monoisotopic (exact) mass is 484 g/mol. The zero-order valence-corrected chi connectivity index (χ0v) is 20.0. The third kappa shape index (κ3) is 5.65. The van der Waals surface area contributed by atoms with Gasteiger partial charge in [-0.15, -0.1) is 0 Å². The van der Waals surface area contributed by atoms with Gasteiger partial charge in [0, 0.05) is 37.8 Å². The molecule has 1 atom stereocenters. The van der Waals surface area contributed by atoms with Crippen molar-refractivity contribution < 1.29 is 18.0 Å². The Balaban J connectivity index is 1.36. The number of amides is 2. The summed E-state index contributed by atoms with van der Waals surface area (Å²) in [6, 6.07) is 16.1. The van der Waals surface area contributed by atoms with Crippen molar-refractivity contribution >= 4 is 27.5 Å². The van der Waals surface area contributed by atoms with Crippen LogP contribution in [-0.2, 0) is 26.2 Å². The number of nitrogens with one attached hydrogen (secondary N) is 1. The summed E-state index contributed by atoms with van der Waals surface area (Å²) in [6.45, 7) is 2.79. The van der Waals surface area contributed by atoms with E-state index in [0.717, 1.165) is 30.6 Å². The average molecular weight is 485 g/mol. The number of carbonyl (C=O) groups excluding carboxylic acids is 2. The van der Waals surface area contributed by atoms with Crippen molar-refractivity contribution in [1.29, 1.82) is 0 Å². The molecule has 2 amide bonds. The number of hydrogen-bond donors (Lipinski definition) is 2. The van der Waals surface area contributed by atoms with E-state index >= 15 is 0 Å². The number of hydrogen-bond acceptors (Lipinski definition) is 5. The van der Waals surface area contributed by atoms with Crippen molar-refractivity contribution in [3.8, 4) is 0 Å². The van der Waals surface area contributed by atoms with Crippen LogP contribution in [0.5, 0.6) is 0 Å². The summed E-state index contributed by atoms with van der Waals surface area (Å²) in [5.74, 6) is -0.720. The number of anilines is 1. The number of primary amides is 1. The number of carbonyl (C=O) groups is 2. The van der Waals surface area contributed by atoms with Crippen LogP contribution in [0, 0.1) is 11.8 Å². The van der Waals surface area contributed by atoms with E-state index < -0.39 is 10.0 Å². The van der Waals surface area contributed by atoms with Gasteiger partial charge < -0.3 is 11.1 Å². The maximum Gasteiger partial charge on any atom is 0.243 e. The standard InChI is InChI=1S/C25H32N4O4S/c26-24(30)21-8-6-14-28(18-21)17-20-7-4-5-11-23(20)27-25(31)19-12-15-29(16-13-19)34(32,33)22-9-2-1-3-10-22/h1-5,7,9-11,19,21H,6,8,12-18H2,(H2,26,30)(H,27,31). The van der Waals surface area contributed by atoms with Crippen molar-refractivity contribution in [2.75, 3.05) is 31.5 Å². The van der Waals surface area contributed by atoms with Crippen LogP contribution in [0.3, 0.4) is 0 Å². The van der Waals surface area contributed by atoms with E-state index in [1.807, 2.05) is 24.3 Å². The lowest BCUT2D eigenvalue weighted by Crippen LogP contribution is -2.41. The Bertz CT molecular complexity index is 1110. The molecule has 2 heterocycles. The molecule has 0 radical (unpaired) electrons. The number of rotatable bonds is 7. The Hall–Kier alpha value is -2.75. The van der Waals surface area contributed by atoms with Gasteiger partial charge in [-0.25, -0.2) is 8.42 Å². The van der Waals surface area contributed by atoms with Crippen LogP contribution >= 0.6 is 0 Å². The first kappa shape index (κ1) is 24.4. The molecule has 1 unspecified atom stereocenters. The molecular formula is C25H32N4O4S. The molecule has 0 bridgehead atoms. The summed E-state index contributed by atoms with van der Waals surface area (Å²) < 4.78 is 27.2. The Morgan fingerprint density at radius 3 is 2.29 bits per heavy atom. The van der Waals surface area contributed by atoms with Gasteiger partial charge in [-0.3, -0.25) is 14.5 Å². The fourth-order valence-corrected chi connectivity index (χ4v) is 6.28. The van der Waals surface area contributed by atoms with Gasteiger partial charge >= 0.3 is 0 Å². The number of para-hydroxylation sites is 1. The normalized spacial score (nSPS) is 20.6. The van der Waals surface area contributed by atoms with Gasteiger partial charge in [0.05, 0.1) is 10.8 Å². The minimum Gasteiger partial charge on any atom is -0.369 e. The Morgan fingerprint density at radius 2 is 1.59 bits per heavy atom. The number of benzene rings is 2. The van der Waals surface area contributed by atoms with Crippen molar-refractivity contribution in [2.45, 2.75) is 37.1 Å². The van der Waals surface area contributed by atoms with Gasteiger partial charge in [0.2, 0.25) is 21.8 Å². The summed E-state index contributed by atoms with van der Waals surface area (Å²) in [7, 11) is -3.54. The molecule has 8 nitrogen and oxygen atoms in total. The highest BCUT2D eigenvalue weighted by Crippen LogP contribution is 2.27. The topological polar surface area (TPSA) is 113 Å². The first-order valence-corrected chi connectivity index (χ1v) is 13.2. The quantitative estimate of drug-likeness (QED) is 0.627. The Morgan fingerprint density at radius 1 is 0.912 bits per heavy atom. The maximum atomic E-state index is 13.0. The molecule has 4 rings (SSSR count). The zero-order valence-electron chi connectivity index (χ0n) is 19.2. The van der Waals surface area contributed by atoms with Crippen LogP contribution in [0.25, 0.3) is 0 Å². The molecule has 2 fully saturated rings. The van der Waals surface area contributed by atoms with Crippen molar-refractivity contribution in [2.24, 2.45) is 17.6 Å². The largest absolute Gasteiger partial charge is 0.369 e. The average Bonchev–Trinajstić information content (AvgIpc) is 2.86. The second kappa shape index (κ2) is 10.7. The number of sulfonamides is 1. The molecule has 2 aromatic carbocycles. The molecule has 2 saturated heterocycles. The molecule has 2 aliphatic rings. The van der Waals surface area contributed by atoms with Gasteiger partial charge in [-0.2, -0.15) is 4.31 Å². The van der Waals surface area contributed by atoms with E-state index in [1.54, 1.807) is 30.3 Å². The van der Waals surface area contributed by atoms with Crippen LogP contribution in [0.1, 0.15) is 31.2 Å². The number of piperidine rings is 2. The van der Waals surface area contributed by atoms with E-state index in [-0.39, 0.29) is 28.5 Å². The molecule has 3 N–H and O–H groups in total. The highest BCUT2D eigenvalue weighted by atomic mass is 32.2. The van der Waals surface area contributed by atoms with Gasteiger partial charge in [0.25, 0.3) is 0 Å². The van der Waals surface area contributed by atoms with Crippen LogP contribution in [-0.4, -0.2) is 55.6 Å². The molecule has 9 heteroatoms. The number of nitrogens with two attached hydrogens (primary N) is 1. The molecule has 2 aromatic rings. The fraction of sp³-hybridized carbons (Fsp3) is 0.440. The van der Waals surface area contributed by atoms with Crippen LogP contribution < -0.4 is 11.1 Å². The predicted molar refractivity (Wildman–Crippen MR) is 130 cm³/mol. The fourth-order valence-electron chi connectivity index (χ4n) is 4.79. The predicted octanol–water partition coefficient (Wildman–Crippen LogP) is 2.42. The molecule has 0 spiro atoms. The molecule has 182 valence electrons. The second-order valence-corrected chi connectivity index (χ2v) is 11.1. The highest BCUT2D eigenvalue weighted by molar-refractivity contribution is 7.89. The van der Waals surface area contributed by atoms with Gasteiger partial charge in [0.15, 0.2) is 0 Å². The number of likely N-dealkylation sites (tertiary alicyclic amines) is 1. The van der Waals surface area contributed by atoms with Gasteiger partial charge in [0.1, 0.15) is 0 Å². The lowest BCUT2D eigenvalue weighted by atomic mass is 9.96. The number of nitrogens with zero attached hydrogens (tertiary/aromatic N) is 2. The second-order valence-electron chi connectivity index (χ2n) is 9.11. The lowest BCUT2D eigenvalue weighted by Gasteiger charge is -2.32. The van der Waals surface area contributed by atoms with E-state index in [4.69, 9.17) is 5.73 Å². The van der Waals surface area contributed by atoms with Crippen molar-refractivity contribution in [1.82, 2.24) is 9.21 Å². The smallest absolute Gasteiger partial charge is 0.243 e. The van der Waals surface area contributed by atoms with E-state index in [9.17, 15) is 18.0 Å². The summed E-state index contributed by atoms with van der Waals surface area (Å²) in [5, 5.41) is 3.06. The van der Waals surface area contributed by atoms with E-state index in [1.165, 1.54) is 4.31 Å². The third-order valence-electron chi connectivity index (χ3n) is 6.78. The highest BCUT2D eigenvalue weighted by Gasteiger charge is 2.32. The molecule has 0 aliphatic carbocycles. The summed E-state index contributed by atoms with van der Waals surface area (Å²) in [6.07, 6.45) is 2.70. The molecule has 2 aliphatic heterocycles. The van der Waals surface area contributed by atoms with E-state index in [2.05, 4.69) is 10.2 Å². The van der Waals surface area contributed by atoms with Crippen LogP contribution in [0.15, 0.2) is 59.5 Å². The van der Waals surface area contributed by atoms with Crippen LogP contribution in [0.4, 0.5) is 5.69 Å². The maximum absolute atomic E-state index is 13.0. The first-order valence-electron chi connectivity index (χ1n) is 11.8. The Kier molecular flexibility index (Phi) is 7.65. The Labute approximate surface area is 201 Å². The van der Waals surface area contributed by atoms with E-state index in [0.29, 0.717) is 39.0 Å². The zero-order chi connectivity index (χ0) is 24.1. The first-order chi connectivity index (χ1) is 16.3. The minimum atomic E-state index is -3.54. The molecule has 34 heavy (non-hydrogen) atoms. The summed E-state index contributed by atoms with van der Waals surface area (Å²) >= 11 is 0. The van der Waals surface area contributed by atoms with Gasteiger partial charge in [-0.1, -0.05) is 36.4 Å². The lowest BCUT2D eigenvalue weighted by molar-refractivity contribution is -0.123. The third-order valence-corrected chi connectivity index (χ3v) is 8.70.